The van der Waals surface area contributed by atoms with E-state index in [1.807, 2.05) is 0 Å². The Morgan fingerprint density at radius 1 is 1.17 bits per heavy atom. The van der Waals surface area contributed by atoms with Crippen LogP contribution in [0.15, 0.2) is 30.7 Å². The lowest BCUT2D eigenvalue weighted by atomic mass is 10.0. The lowest BCUT2D eigenvalue weighted by Crippen LogP contribution is -2.62. The van der Waals surface area contributed by atoms with E-state index in [1.54, 1.807) is 12.3 Å². The highest BCUT2D eigenvalue weighted by molar-refractivity contribution is 7.88. The van der Waals surface area contributed by atoms with Crippen molar-refractivity contribution < 1.29 is 17.2 Å². The third-order valence-electron chi connectivity index (χ3n) is 6.71. The smallest absolute Gasteiger partial charge is 0.282 e. The number of anilines is 1. The van der Waals surface area contributed by atoms with E-state index in [-0.39, 0.29) is 17.8 Å². The summed E-state index contributed by atoms with van der Waals surface area (Å²) in [5, 5.41) is 4.03. The van der Waals surface area contributed by atoms with Crippen molar-refractivity contribution in [2.45, 2.75) is 38.3 Å². The minimum absolute atomic E-state index is 0.0229. The number of nitrogens with zero attached hydrogens (tertiary/aromatic N) is 7. The molecule has 0 aromatic carbocycles. The molecular formula is C22H28F2N8O2S. The third-order valence-corrected chi connectivity index (χ3v) is 7.40. The zero-order valence-electron chi connectivity index (χ0n) is 19.5. The van der Waals surface area contributed by atoms with Crippen LogP contribution in [0.2, 0.25) is 0 Å². The van der Waals surface area contributed by atoms with Crippen LogP contribution in [0.4, 0.5) is 14.6 Å². The van der Waals surface area contributed by atoms with Crippen LogP contribution in [0, 0.1) is 5.92 Å². The molecule has 2 atom stereocenters. The van der Waals surface area contributed by atoms with E-state index < -0.39 is 16.4 Å². The zero-order valence-corrected chi connectivity index (χ0v) is 20.4. The van der Waals surface area contributed by atoms with Gasteiger partial charge in [0.15, 0.2) is 5.65 Å². The van der Waals surface area contributed by atoms with E-state index >= 15 is 0 Å². The van der Waals surface area contributed by atoms with Gasteiger partial charge >= 0.3 is 0 Å². The van der Waals surface area contributed by atoms with Crippen molar-refractivity contribution in [2.75, 3.05) is 37.3 Å². The van der Waals surface area contributed by atoms with Gasteiger partial charge in [0.25, 0.3) is 6.43 Å². The van der Waals surface area contributed by atoms with Gasteiger partial charge in [-0.05, 0) is 37.8 Å². The molecule has 10 nitrogen and oxygen atoms in total. The first kappa shape index (κ1) is 23.9. The van der Waals surface area contributed by atoms with Gasteiger partial charge in [-0.15, -0.1) is 0 Å². The lowest BCUT2D eigenvalue weighted by Gasteiger charge is -2.47. The molecule has 0 amide bonds. The van der Waals surface area contributed by atoms with Crippen molar-refractivity contribution in [3.05, 3.63) is 36.4 Å². The standard InChI is InChI=1S/C22H28F2N8O2S/c1-14-18(11-28-35(2,33)34)30(12-15-3-4-15)7-8-31(14)21-9-17(26-13-27-21)19-10-25-20-6-5-16(22(23)24)29-32(19)20/h5-6,9-10,13-15,18,22,28H,3-4,7-8,11-12H2,1-2H3. The Morgan fingerprint density at radius 3 is 2.69 bits per heavy atom. The van der Waals surface area contributed by atoms with E-state index in [0.29, 0.717) is 35.3 Å². The molecule has 2 fully saturated rings. The summed E-state index contributed by atoms with van der Waals surface area (Å²) in [6.45, 7) is 4.85. The fourth-order valence-electron chi connectivity index (χ4n) is 4.66. The van der Waals surface area contributed by atoms with Crippen LogP contribution in [0.25, 0.3) is 17.0 Å². The maximum atomic E-state index is 13.2. The second-order valence-electron chi connectivity index (χ2n) is 9.29. The average molecular weight is 507 g/mol. The zero-order chi connectivity index (χ0) is 24.7. The van der Waals surface area contributed by atoms with E-state index in [9.17, 15) is 17.2 Å². The second-order valence-corrected chi connectivity index (χ2v) is 11.1. The molecule has 0 radical (unpaired) electrons. The van der Waals surface area contributed by atoms with Crippen LogP contribution >= 0.6 is 0 Å². The number of halogens is 2. The first-order chi connectivity index (χ1) is 16.7. The van der Waals surface area contributed by atoms with E-state index in [1.165, 1.54) is 42.1 Å². The number of sulfonamides is 1. The van der Waals surface area contributed by atoms with Gasteiger partial charge < -0.3 is 4.90 Å². The molecule has 1 aliphatic heterocycles. The number of fused-ring (bicyclic) bond motifs is 1. The van der Waals surface area contributed by atoms with Crippen molar-refractivity contribution in [2.24, 2.45) is 5.92 Å². The molecule has 1 aliphatic carbocycles. The number of rotatable bonds is 8. The van der Waals surface area contributed by atoms with Crippen molar-refractivity contribution in [1.29, 1.82) is 0 Å². The van der Waals surface area contributed by atoms with Crippen LogP contribution in [0.3, 0.4) is 0 Å². The van der Waals surface area contributed by atoms with Gasteiger partial charge in [-0.2, -0.15) is 5.10 Å². The molecule has 3 aromatic rings. The molecule has 2 aliphatic rings. The van der Waals surface area contributed by atoms with Crippen molar-refractivity contribution in [3.8, 4) is 11.4 Å². The molecule has 5 rings (SSSR count). The molecule has 1 saturated heterocycles. The number of alkyl halides is 2. The van der Waals surface area contributed by atoms with E-state index in [0.717, 1.165) is 19.6 Å². The van der Waals surface area contributed by atoms with Crippen LogP contribution in [-0.2, 0) is 10.0 Å². The number of piperazine rings is 1. The summed E-state index contributed by atoms with van der Waals surface area (Å²) < 4.78 is 54.0. The fraction of sp³-hybridized carbons (Fsp3) is 0.545. The predicted molar refractivity (Wildman–Crippen MR) is 127 cm³/mol. The summed E-state index contributed by atoms with van der Waals surface area (Å²) in [6, 6.07) is 4.51. The van der Waals surface area contributed by atoms with E-state index in [4.69, 9.17) is 0 Å². The van der Waals surface area contributed by atoms with Crippen molar-refractivity contribution in [3.63, 3.8) is 0 Å². The van der Waals surface area contributed by atoms with Gasteiger partial charge in [0.1, 0.15) is 23.5 Å². The Labute approximate surface area is 202 Å². The van der Waals surface area contributed by atoms with Crippen LogP contribution in [-0.4, -0.2) is 82.4 Å². The average Bonchev–Trinajstić information content (AvgIpc) is 3.53. The summed E-state index contributed by atoms with van der Waals surface area (Å²) in [4.78, 5) is 17.6. The number of aromatic nitrogens is 5. The topological polar surface area (TPSA) is 109 Å². The third kappa shape index (κ3) is 5.26. The largest absolute Gasteiger partial charge is 0.351 e. The second kappa shape index (κ2) is 9.36. The Balaban J connectivity index is 1.43. The minimum Gasteiger partial charge on any atom is -0.351 e. The fourth-order valence-corrected chi connectivity index (χ4v) is 5.13. The van der Waals surface area contributed by atoms with Crippen molar-refractivity contribution in [1.82, 2.24) is 34.2 Å². The first-order valence-corrected chi connectivity index (χ1v) is 13.5. The van der Waals surface area contributed by atoms with E-state index in [2.05, 4.69) is 41.5 Å². The number of imidazole rings is 1. The summed E-state index contributed by atoms with van der Waals surface area (Å²) in [7, 11) is -3.32. The summed E-state index contributed by atoms with van der Waals surface area (Å²) in [5.41, 5.74) is 1.10. The SMILES string of the molecule is CC1C(CNS(C)(=O)=O)N(CC2CC2)CCN1c1cc(-c2cnc3ccc(C(F)F)nn23)ncn1. The molecule has 0 spiro atoms. The van der Waals surface area contributed by atoms with Gasteiger partial charge in [-0.1, -0.05) is 0 Å². The Kier molecular flexibility index (Phi) is 6.40. The lowest BCUT2D eigenvalue weighted by molar-refractivity contribution is 0.140. The molecule has 2 unspecified atom stereocenters. The van der Waals surface area contributed by atoms with Crippen LogP contribution in [0.1, 0.15) is 31.9 Å². The van der Waals surface area contributed by atoms with Gasteiger partial charge in [0, 0.05) is 44.3 Å². The number of hydrogen-bond acceptors (Lipinski definition) is 8. The van der Waals surface area contributed by atoms with Gasteiger partial charge in [-0.25, -0.2) is 41.4 Å². The van der Waals surface area contributed by atoms with Crippen LogP contribution in [0.5, 0.6) is 0 Å². The van der Waals surface area contributed by atoms with Gasteiger partial charge in [0.2, 0.25) is 10.0 Å². The predicted octanol–water partition coefficient (Wildman–Crippen LogP) is 1.96. The summed E-state index contributed by atoms with van der Waals surface area (Å²) >= 11 is 0. The monoisotopic (exact) mass is 506 g/mol. The molecule has 13 heteroatoms. The highest BCUT2D eigenvalue weighted by Crippen LogP contribution is 2.33. The number of hydrogen-bond donors (Lipinski definition) is 1. The van der Waals surface area contributed by atoms with Gasteiger partial charge in [0.05, 0.1) is 18.1 Å². The highest BCUT2D eigenvalue weighted by atomic mass is 32.2. The first-order valence-electron chi connectivity index (χ1n) is 11.6. The number of nitrogens with one attached hydrogen (secondary N) is 1. The summed E-state index contributed by atoms with van der Waals surface area (Å²) in [5.74, 6) is 1.36. The Bertz CT molecular complexity index is 1310. The molecule has 0 bridgehead atoms. The normalized spacial score (nSPS) is 21.8. The Hall–Kier alpha value is -2.77. The molecule has 1 saturated carbocycles. The van der Waals surface area contributed by atoms with Crippen molar-refractivity contribution >= 4 is 21.5 Å². The quantitative estimate of drug-likeness (QED) is 0.494. The Morgan fingerprint density at radius 2 is 1.97 bits per heavy atom. The molecule has 3 aromatic heterocycles. The molecule has 188 valence electrons. The molecule has 35 heavy (non-hydrogen) atoms. The molecule has 1 N–H and O–H groups in total. The van der Waals surface area contributed by atoms with Crippen LogP contribution < -0.4 is 9.62 Å². The molecular weight excluding hydrogens is 478 g/mol. The summed E-state index contributed by atoms with van der Waals surface area (Å²) in [6.07, 6.45) is 3.91. The van der Waals surface area contributed by atoms with Gasteiger partial charge in [-0.3, -0.25) is 4.90 Å². The maximum Gasteiger partial charge on any atom is 0.282 e. The minimum atomic E-state index is -3.32. The molecule has 4 heterocycles. The highest BCUT2D eigenvalue weighted by Gasteiger charge is 2.37. The maximum absolute atomic E-state index is 13.2.